The van der Waals surface area contributed by atoms with E-state index in [2.05, 4.69) is 34.5 Å². The standard InChI is InChI=1S/C20H19N5/c1-14(16-8-3-6-11-19(16)25-13-7-12-21-25)23-20-15(2)22-17-9-4-5-10-18(17)24-20/h3-14H,1-2H3,(H,23,24). The molecule has 0 aliphatic rings. The van der Waals surface area contributed by atoms with Gasteiger partial charge in [0.05, 0.1) is 28.5 Å². The van der Waals surface area contributed by atoms with E-state index in [9.17, 15) is 0 Å². The van der Waals surface area contributed by atoms with E-state index in [0.717, 1.165) is 33.8 Å². The first-order valence-electron chi connectivity index (χ1n) is 8.31. The predicted molar refractivity (Wildman–Crippen MR) is 99.9 cm³/mol. The third-order valence-corrected chi connectivity index (χ3v) is 4.25. The highest BCUT2D eigenvalue weighted by Gasteiger charge is 2.14. The highest BCUT2D eigenvalue weighted by atomic mass is 15.3. The summed E-state index contributed by atoms with van der Waals surface area (Å²) in [6.45, 7) is 4.10. The first-order chi connectivity index (χ1) is 12.2. The Morgan fingerprint density at radius 1 is 0.920 bits per heavy atom. The molecular weight excluding hydrogens is 310 g/mol. The van der Waals surface area contributed by atoms with Crippen molar-refractivity contribution in [1.82, 2.24) is 19.7 Å². The zero-order valence-corrected chi connectivity index (χ0v) is 14.2. The normalized spacial score (nSPS) is 12.2. The number of aryl methyl sites for hydroxylation is 1. The molecule has 4 aromatic rings. The number of fused-ring (bicyclic) bond motifs is 1. The lowest BCUT2D eigenvalue weighted by Crippen LogP contribution is -2.13. The van der Waals surface area contributed by atoms with Crippen molar-refractivity contribution in [1.29, 1.82) is 0 Å². The quantitative estimate of drug-likeness (QED) is 0.606. The Labute approximate surface area is 146 Å². The van der Waals surface area contributed by atoms with Crippen molar-refractivity contribution in [3.05, 3.63) is 78.2 Å². The van der Waals surface area contributed by atoms with Crippen LogP contribution in [0.4, 0.5) is 5.82 Å². The van der Waals surface area contributed by atoms with E-state index < -0.39 is 0 Å². The Bertz CT molecular complexity index is 1010. The average Bonchev–Trinajstić information content (AvgIpc) is 3.17. The summed E-state index contributed by atoms with van der Waals surface area (Å²) < 4.78 is 1.88. The van der Waals surface area contributed by atoms with E-state index >= 15 is 0 Å². The topological polar surface area (TPSA) is 55.6 Å². The largest absolute Gasteiger partial charge is 0.362 e. The molecule has 0 aliphatic heterocycles. The molecule has 124 valence electrons. The molecule has 5 nitrogen and oxygen atoms in total. The first kappa shape index (κ1) is 15.3. The third-order valence-electron chi connectivity index (χ3n) is 4.25. The number of hydrogen-bond acceptors (Lipinski definition) is 4. The van der Waals surface area contributed by atoms with E-state index in [-0.39, 0.29) is 6.04 Å². The van der Waals surface area contributed by atoms with Crippen molar-refractivity contribution >= 4 is 16.9 Å². The summed E-state index contributed by atoms with van der Waals surface area (Å²) in [4.78, 5) is 9.39. The Hall–Kier alpha value is -3.21. The van der Waals surface area contributed by atoms with Crippen LogP contribution in [-0.4, -0.2) is 19.7 Å². The SMILES string of the molecule is Cc1nc2ccccc2nc1NC(C)c1ccccc1-n1cccn1. The molecular formula is C20H19N5. The maximum absolute atomic E-state index is 4.74. The van der Waals surface area contributed by atoms with E-state index in [0.29, 0.717) is 0 Å². The summed E-state index contributed by atoms with van der Waals surface area (Å²) in [7, 11) is 0. The molecule has 4 rings (SSSR count). The summed E-state index contributed by atoms with van der Waals surface area (Å²) in [5.41, 5.74) is 4.90. The van der Waals surface area contributed by atoms with Gasteiger partial charge in [-0.1, -0.05) is 30.3 Å². The molecule has 1 atom stereocenters. The second-order valence-electron chi connectivity index (χ2n) is 6.02. The van der Waals surface area contributed by atoms with Crippen LogP contribution in [0.15, 0.2) is 67.0 Å². The van der Waals surface area contributed by atoms with Gasteiger partial charge in [0.15, 0.2) is 0 Å². The van der Waals surface area contributed by atoms with Gasteiger partial charge in [-0.25, -0.2) is 14.6 Å². The third kappa shape index (κ3) is 2.96. The van der Waals surface area contributed by atoms with Crippen molar-refractivity contribution in [3.63, 3.8) is 0 Å². The summed E-state index contributed by atoms with van der Waals surface area (Å²) in [5.74, 6) is 0.807. The van der Waals surface area contributed by atoms with Crippen LogP contribution >= 0.6 is 0 Å². The van der Waals surface area contributed by atoms with Gasteiger partial charge in [0, 0.05) is 12.4 Å². The Kier molecular flexibility index (Phi) is 3.90. The van der Waals surface area contributed by atoms with Gasteiger partial charge in [0.1, 0.15) is 5.82 Å². The van der Waals surface area contributed by atoms with Gasteiger partial charge >= 0.3 is 0 Å². The molecule has 0 saturated heterocycles. The fourth-order valence-electron chi connectivity index (χ4n) is 2.98. The van der Waals surface area contributed by atoms with Gasteiger partial charge in [0.2, 0.25) is 0 Å². The molecule has 2 aromatic carbocycles. The van der Waals surface area contributed by atoms with E-state index in [1.54, 1.807) is 6.20 Å². The highest BCUT2D eigenvalue weighted by molar-refractivity contribution is 5.76. The van der Waals surface area contributed by atoms with Gasteiger partial charge in [-0.15, -0.1) is 0 Å². The molecule has 0 amide bonds. The molecule has 0 bridgehead atoms. The lowest BCUT2D eigenvalue weighted by atomic mass is 10.1. The monoisotopic (exact) mass is 329 g/mol. The summed E-state index contributed by atoms with van der Waals surface area (Å²) >= 11 is 0. The lowest BCUT2D eigenvalue weighted by molar-refractivity contribution is 0.813. The number of para-hydroxylation sites is 3. The number of aromatic nitrogens is 4. The van der Waals surface area contributed by atoms with Gasteiger partial charge in [-0.3, -0.25) is 0 Å². The predicted octanol–water partition coefficient (Wildman–Crippen LogP) is 4.30. The van der Waals surface area contributed by atoms with Crippen molar-refractivity contribution in [3.8, 4) is 5.69 Å². The molecule has 1 N–H and O–H groups in total. The zero-order chi connectivity index (χ0) is 17.2. The van der Waals surface area contributed by atoms with Crippen LogP contribution in [0.2, 0.25) is 0 Å². The molecule has 0 saturated carbocycles. The molecule has 5 heteroatoms. The van der Waals surface area contributed by atoms with Gasteiger partial charge in [-0.05, 0) is 43.7 Å². The van der Waals surface area contributed by atoms with E-state index in [1.165, 1.54) is 0 Å². The molecule has 0 fully saturated rings. The number of rotatable bonds is 4. The summed E-state index contributed by atoms with van der Waals surface area (Å²) in [6.07, 6.45) is 3.74. The minimum absolute atomic E-state index is 0.0644. The minimum atomic E-state index is 0.0644. The number of benzene rings is 2. The average molecular weight is 329 g/mol. The van der Waals surface area contributed by atoms with Crippen LogP contribution < -0.4 is 5.32 Å². The van der Waals surface area contributed by atoms with E-state index in [1.807, 2.05) is 60.3 Å². The van der Waals surface area contributed by atoms with Gasteiger partial charge in [0.25, 0.3) is 0 Å². The van der Waals surface area contributed by atoms with E-state index in [4.69, 9.17) is 4.98 Å². The number of nitrogens with zero attached hydrogens (tertiary/aromatic N) is 4. The Morgan fingerprint density at radius 3 is 2.40 bits per heavy atom. The van der Waals surface area contributed by atoms with Crippen LogP contribution in [0.3, 0.4) is 0 Å². The van der Waals surface area contributed by atoms with Crippen LogP contribution in [0.5, 0.6) is 0 Å². The van der Waals surface area contributed by atoms with Gasteiger partial charge < -0.3 is 5.32 Å². The van der Waals surface area contributed by atoms with Crippen LogP contribution in [-0.2, 0) is 0 Å². The Balaban J connectivity index is 1.69. The second kappa shape index (κ2) is 6.36. The maximum Gasteiger partial charge on any atom is 0.148 e. The maximum atomic E-state index is 4.74. The van der Waals surface area contributed by atoms with Crippen molar-refractivity contribution in [2.24, 2.45) is 0 Å². The number of hydrogen-bond donors (Lipinski definition) is 1. The smallest absolute Gasteiger partial charge is 0.148 e. The van der Waals surface area contributed by atoms with Crippen LogP contribution in [0.1, 0.15) is 24.2 Å². The molecule has 25 heavy (non-hydrogen) atoms. The molecule has 2 heterocycles. The Morgan fingerprint density at radius 2 is 1.64 bits per heavy atom. The molecule has 1 unspecified atom stereocenters. The van der Waals surface area contributed by atoms with Crippen molar-refractivity contribution in [2.45, 2.75) is 19.9 Å². The number of anilines is 1. The first-order valence-corrected chi connectivity index (χ1v) is 8.31. The van der Waals surface area contributed by atoms with Crippen molar-refractivity contribution < 1.29 is 0 Å². The molecule has 2 aromatic heterocycles. The molecule has 0 aliphatic carbocycles. The lowest BCUT2D eigenvalue weighted by Gasteiger charge is -2.19. The second-order valence-corrected chi connectivity index (χ2v) is 6.02. The number of nitrogens with one attached hydrogen (secondary N) is 1. The fourth-order valence-corrected chi connectivity index (χ4v) is 2.98. The fraction of sp³-hybridized carbons (Fsp3) is 0.150. The zero-order valence-electron chi connectivity index (χ0n) is 14.2. The van der Waals surface area contributed by atoms with Crippen molar-refractivity contribution in [2.75, 3.05) is 5.32 Å². The highest BCUT2D eigenvalue weighted by Crippen LogP contribution is 2.26. The minimum Gasteiger partial charge on any atom is -0.362 e. The van der Waals surface area contributed by atoms with Crippen LogP contribution in [0.25, 0.3) is 16.7 Å². The molecule has 0 spiro atoms. The van der Waals surface area contributed by atoms with Gasteiger partial charge in [-0.2, -0.15) is 5.10 Å². The summed E-state index contributed by atoms with van der Waals surface area (Å²) in [6, 6.07) is 18.2. The molecule has 0 radical (unpaired) electrons. The van der Waals surface area contributed by atoms with Crippen LogP contribution in [0, 0.1) is 6.92 Å². The summed E-state index contributed by atoms with van der Waals surface area (Å²) in [5, 5.41) is 7.86.